The number of aliphatic hydroxyl groups excluding tert-OH is 1. The molecule has 74 valence electrons. The molecule has 1 N–H and O–H groups in total. The summed E-state index contributed by atoms with van der Waals surface area (Å²) < 4.78 is 4.51. The zero-order chi connectivity index (χ0) is 10.3. The van der Waals surface area contributed by atoms with Crippen LogP contribution < -0.4 is 0 Å². The maximum atomic E-state index is 11.1. The summed E-state index contributed by atoms with van der Waals surface area (Å²) in [5.41, 5.74) is -0.143. The van der Waals surface area contributed by atoms with Crippen LogP contribution in [0.5, 0.6) is 0 Å². The molecular formula is C9H14O4. The summed E-state index contributed by atoms with van der Waals surface area (Å²) in [6.07, 6.45) is 0.970. The Morgan fingerprint density at radius 1 is 1.46 bits per heavy atom. The molecule has 0 heterocycles. The van der Waals surface area contributed by atoms with E-state index < -0.39 is 5.97 Å². The largest absolute Gasteiger partial charge is 0.460 e. The number of esters is 1. The van der Waals surface area contributed by atoms with Gasteiger partial charge in [0.1, 0.15) is 6.61 Å². The normalized spacial score (nSPS) is 9.38. The first kappa shape index (κ1) is 11.8. The average molecular weight is 186 g/mol. The molecule has 0 aromatic rings. The van der Waals surface area contributed by atoms with E-state index in [1.165, 1.54) is 0 Å². The first-order valence-electron chi connectivity index (χ1n) is 4.13. The lowest BCUT2D eigenvalue weighted by molar-refractivity contribution is -0.141. The van der Waals surface area contributed by atoms with Crippen LogP contribution in [0.2, 0.25) is 0 Å². The molecule has 0 saturated carbocycles. The van der Waals surface area contributed by atoms with Gasteiger partial charge in [0.15, 0.2) is 5.78 Å². The smallest absolute Gasteiger partial charge is 0.341 e. The molecule has 0 aliphatic carbocycles. The van der Waals surface area contributed by atoms with Crippen molar-refractivity contribution in [1.82, 2.24) is 0 Å². The van der Waals surface area contributed by atoms with Gasteiger partial charge in [-0.2, -0.15) is 0 Å². The van der Waals surface area contributed by atoms with Crippen molar-refractivity contribution in [2.45, 2.75) is 19.8 Å². The number of ketones is 1. The van der Waals surface area contributed by atoms with Gasteiger partial charge in [-0.05, 0) is 6.42 Å². The van der Waals surface area contributed by atoms with Gasteiger partial charge in [0, 0.05) is 6.42 Å². The van der Waals surface area contributed by atoms with E-state index in [4.69, 9.17) is 5.11 Å². The minimum atomic E-state index is -0.743. The van der Waals surface area contributed by atoms with Crippen molar-refractivity contribution in [1.29, 1.82) is 0 Å². The zero-order valence-electron chi connectivity index (χ0n) is 7.71. The Morgan fingerprint density at radius 2 is 2.08 bits per heavy atom. The highest BCUT2D eigenvalue weighted by molar-refractivity contribution is 6.16. The fourth-order valence-electron chi connectivity index (χ4n) is 0.717. The van der Waals surface area contributed by atoms with Gasteiger partial charge in [0.25, 0.3) is 0 Å². The van der Waals surface area contributed by atoms with E-state index >= 15 is 0 Å². The van der Waals surface area contributed by atoms with E-state index in [-0.39, 0.29) is 24.6 Å². The summed E-state index contributed by atoms with van der Waals surface area (Å²) in [4.78, 5) is 22.0. The molecule has 0 aromatic carbocycles. The average Bonchev–Trinajstić information content (AvgIpc) is 2.13. The Bertz CT molecular complexity index is 208. The Kier molecular flexibility index (Phi) is 5.80. The molecule has 0 unspecified atom stereocenters. The van der Waals surface area contributed by atoms with Crippen LogP contribution in [0.25, 0.3) is 0 Å². The van der Waals surface area contributed by atoms with Crippen molar-refractivity contribution in [2.75, 3.05) is 13.2 Å². The SMILES string of the molecule is C=C(C(=O)CCC)C(=O)OCCO. The molecule has 0 radical (unpaired) electrons. The molecule has 0 aliphatic rings. The predicted octanol–water partition coefficient (Wildman–Crippen LogP) is 0.447. The summed E-state index contributed by atoms with van der Waals surface area (Å²) in [6, 6.07) is 0. The van der Waals surface area contributed by atoms with Crippen molar-refractivity contribution in [3.05, 3.63) is 12.2 Å². The van der Waals surface area contributed by atoms with Gasteiger partial charge in [-0.1, -0.05) is 13.5 Å². The second kappa shape index (κ2) is 6.37. The van der Waals surface area contributed by atoms with Gasteiger partial charge in [0.05, 0.1) is 12.2 Å². The van der Waals surface area contributed by atoms with E-state index in [0.717, 1.165) is 0 Å². The Hall–Kier alpha value is -1.16. The third-order valence-electron chi connectivity index (χ3n) is 1.38. The van der Waals surface area contributed by atoms with Crippen molar-refractivity contribution < 1.29 is 19.4 Å². The molecule has 0 bridgehead atoms. The molecule has 0 aliphatic heterocycles. The van der Waals surface area contributed by atoms with Crippen LogP contribution in [0.3, 0.4) is 0 Å². The third kappa shape index (κ3) is 4.42. The Morgan fingerprint density at radius 3 is 2.54 bits per heavy atom. The van der Waals surface area contributed by atoms with E-state index in [1.807, 2.05) is 6.92 Å². The van der Waals surface area contributed by atoms with Crippen LogP contribution in [0.1, 0.15) is 19.8 Å². The van der Waals surface area contributed by atoms with Crippen LogP contribution in [0.4, 0.5) is 0 Å². The number of hydrogen-bond donors (Lipinski definition) is 1. The molecular weight excluding hydrogens is 172 g/mol. The minimum absolute atomic E-state index is 0.0999. The standard InChI is InChI=1S/C9H14O4/c1-3-4-8(11)7(2)9(12)13-6-5-10/h10H,2-6H2,1H3. The van der Waals surface area contributed by atoms with Crippen molar-refractivity contribution in [3.8, 4) is 0 Å². The van der Waals surface area contributed by atoms with Crippen LogP contribution in [0, 0.1) is 0 Å². The summed E-state index contributed by atoms with van der Waals surface area (Å²) in [5, 5.41) is 8.35. The molecule has 4 heteroatoms. The van der Waals surface area contributed by atoms with Gasteiger partial charge in [0.2, 0.25) is 0 Å². The van der Waals surface area contributed by atoms with E-state index in [1.54, 1.807) is 0 Å². The van der Waals surface area contributed by atoms with Crippen LogP contribution in [-0.4, -0.2) is 30.1 Å². The van der Waals surface area contributed by atoms with Crippen molar-refractivity contribution in [3.63, 3.8) is 0 Å². The van der Waals surface area contributed by atoms with Gasteiger partial charge in [-0.3, -0.25) is 4.79 Å². The van der Waals surface area contributed by atoms with Crippen LogP contribution in [-0.2, 0) is 14.3 Å². The lowest BCUT2D eigenvalue weighted by Crippen LogP contribution is -2.16. The number of hydrogen-bond acceptors (Lipinski definition) is 4. The Balaban J connectivity index is 3.95. The number of carbonyl (C=O) groups is 2. The molecule has 0 rings (SSSR count). The highest BCUT2D eigenvalue weighted by atomic mass is 16.5. The monoisotopic (exact) mass is 186 g/mol. The van der Waals surface area contributed by atoms with Gasteiger partial charge >= 0.3 is 5.97 Å². The number of aliphatic hydroxyl groups is 1. The van der Waals surface area contributed by atoms with E-state index in [9.17, 15) is 9.59 Å². The van der Waals surface area contributed by atoms with Gasteiger partial charge in [-0.15, -0.1) is 0 Å². The van der Waals surface area contributed by atoms with E-state index in [2.05, 4.69) is 11.3 Å². The first-order valence-corrected chi connectivity index (χ1v) is 4.13. The lowest BCUT2D eigenvalue weighted by Gasteiger charge is -2.03. The number of rotatable bonds is 6. The predicted molar refractivity (Wildman–Crippen MR) is 47.1 cm³/mol. The first-order chi connectivity index (χ1) is 6.13. The number of ether oxygens (including phenoxy) is 1. The number of Topliss-reactive ketones (excluding diaryl/α,β-unsaturated/α-hetero) is 1. The summed E-state index contributed by atoms with van der Waals surface area (Å²) in [6.45, 7) is 4.81. The number of carbonyl (C=O) groups excluding carboxylic acids is 2. The van der Waals surface area contributed by atoms with Crippen molar-refractivity contribution >= 4 is 11.8 Å². The molecule has 0 amide bonds. The summed E-state index contributed by atoms with van der Waals surface area (Å²) in [5.74, 6) is -1.04. The lowest BCUT2D eigenvalue weighted by atomic mass is 10.1. The van der Waals surface area contributed by atoms with Gasteiger partial charge in [-0.25, -0.2) is 4.79 Å². The fraction of sp³-hybridized carbons (Fsp3) is 0.556. The second-order valence-corrected chi connectivity index (χ2v) is 2.51. The topological polar surface area (TPSA) is 63.6 Å². The Labute approximate surface area is 77.2 Å². The third-order valence-corrected chi connectivity index (χ3v) is 1.38. The quantitative estimate of drug-likeness (QED) is 0.283. The molecule has 4 nitrogen and oxygen atoms in total. The van der Waals surface area contributed by atoms with Gasteiger partial charge < -0.3 is 9.84 Å². The molecule has 0 saturated heterocycles. The maximum absolute atomic E-state index is 11.1. The van der Waals surface area contributed by atoms with Crippen molar-refractivity contribution in [2.24, 2.45) is 0 Å². The maximum Gasteiger partial charge on any atom is 0.341 e. The highest BCUT2D eigenvalue weighted by Gasteiger charge is 2.15. The van der Waals surface area contributed by atoms with Crippen LogP contribution >= 0.6 is 0 Å². The summed E-state index contributed by atoms with van der Waals surface area (Å²) >= 11 is 0. The second-order valence-electron chi connectivity index (χ2n) is 2.51. The summed E-state index contributed by atoms with van der Waals surface area (Å²) in [7, 11) is 0. The fourth-order valence-corrected chi connectivity index (χ4v) is 0.717. The molecule has 0 fully saturated rings. The van der Waals surface area contributed by atoms with E-state index in [0.29, 0.717) is 12.8 Å². The zero-order valence-corrected chi connectivity index (χ0v) is 7.71. The minimum Gasteiger partial charge on any atom is -0.460 e. The highest BCUT2D eigenvalue weighted by Crippen LogP contribution is 2.02. The van der Waals surface area contributed by atoms with Crippen LogP contribution in [0.15, 0.2) is 12.2 Å². The molecule has 13 heavy (non-hydrogen) atoms. The molecule has 0 aromatic heterocycles. The molecule has 0 atom stereocenters. The molecule has 0 spiro atoms.